The Morgan fingerprint density at radius 3 is 3.29 bits per heavy atom. The van der Waals surface area contributed by atoms with Crippen LogP contribution in [0.15, 0.2) is 18.3 Å². The molecule has 1 aliphatic rings. The van der Waals surface area contributed by atoms with Crippen molar-refractivity contribution in [3.05, 3.63) is 18.3 Å². The third-order valence-electron chi connectivity index (χ3n) is 2.18. The summed E-state index contributed by atoms with van der Waals surface area (Å²) in [4.78, 5) is 4.11. The first-order valence-electron chi connectivity index (χ1n) is 4.76. The lowest BCUT2D eigenvalue weighted by Gasteiger charge is -2.11. The van der Waals surface area contributed by atoms with Gasteiger partial charge < -0.3 is 14.8 Å². The molecule has 4 nitrogen and oxygen atoms in total. The Morgan fingerprint density at radius 2 is 2.57 bits per heavy atom. The van der Waals surface area contributed by atoms with Crippen LogP contribution in [0.25, 0.3) is 0 Å². The number of anilines is 1. The maximum Gasteiger partial charge on any atom is 0.129 e. The number of hydrogen-bond acceptors (Lipinski definition) is 4. The molecule has 1 saturated heterocycles. The molecule has 0 unspecified atom stereocenters. The monoisotopic (exact) mass is 194 g/mol. The van der Waals surface area contributed by atoms with Crippen LogP contribution >= 0.6 is 0 Å². The Bertz CT molecular complexity index is 298. The Morgan fingerprint density at radius 1 is 1.64 bits per heavy atom. The van der Waals surface area contributed by atoms with Crippen molar-refractivity contribution in [1.29, 1.82) is 0 Å². The molecule has 2 heterocycles. The number of ether oxygens (including phenoxy) is 2. The van der Waals surface area contributed by atoms with Crippen molar-refractivity contribution in [2.45, 2.75) is 12.5 Å². The number of nitrogens with one attached hydrogen (secondary N) is 1. The molecule has 0 saturated carbocycles. The lowest BCUT2D eigenvalue weighted by Crippen LogP contribution is -2.15. The summed E-state index contributed by atoms with van der Waals surface area (Å²) < 4.78 is 10.9. The quantitative estimate of drug-likeness (QED) is 0.787. The Labute approximate surface area is 83.2 Å². The highest BCUT2D eigenvalue weighted by molar-refractivity contribution is 5.39. The van der Waals surface area contributed by atoms with Crippen LogP contribution in [0.1, 0.15) is 6.42 Å². The molecule has 1 fully saturated rings. The fraction of sp³-hybridized carbons (Fsp3) is 0.500. The van der Waals surface area contributed by atoms with E-state index in [0.717, 1.165) is 24.6 Å². The van der Waals surface area contributed by atoms with Gasteiger partial charge >= 0.3 is 0 Å². The van der Waals surface area contributed by atoms with Crippen LogP contribution in [0.4, 0.5) is 5.82 Å². The van der Waals surface area contributed by atoms with Gasteiger partial charge in [0.05, 0.1) is 13.2 Å². The molecule has 76 valence electrons. The van der Waals surface area contributed by atoms with E-state index < -0.39 is 0 Å². The minimum atomic E-state index is 0.196. The third-order valence-corrected chi connectivity index (χ3v) is 2.18. The minimum absolute atomic E-state index is 0.196. The molecule has 1 N–H and O–H groups in total. The maximum absolute atomic E-state index is 5.71. The first-order valence-corrected chi connectivity index (χ1v) is 4.76. The minimum Gasteiger partial charge on any atom is -0.488 e. The third kappa shape index (κ3) is 2.14. The van der Waals surface area contributed by atoms with Crippen molar-refractivity contribution in [3.8, 4) is 5.75 Å². The van der Waals surface area contributed by atoms with Gasteiger partial charge in [0, 0.05) is 25.7 Å². The maximum atomic E-state index is 5.71. The molecule has 0 spiro atoms. The van der Waals surface area contributed by atoms with Crippen LogP contribution in [0.5, 0.6) is 5.75 Å². The van der Waals surface area contributed by atoms with Gasteiger partial charge in [-0.05, 0) is 6.07 Å². The summed E-state index contributed by atoms with van der Waals surface area (Å²) in [7, 11) is 1.84. The van der Waals surface area contributed by atoms with Crippen LogP contribution in [0.2, 0.25) is 0 Å². The highest BCUT2D eigenvalue weighted by Gasteiger charge is 2.17. The van der Waals surface area contributed by atoms with Gasteiger partial charge in [-0.2, -0.15) is 0 Å². The van der Waals surface area contributed by atoms with Gasteiger partial charge in [-0.3, -0.25) is 0 Å². The number of pyridine rings is 1. The summed E-state index contributed by atoms with van der Waals surface area (Å²) in [6, 6.07) is 3.75. The highest BCUT2D eigenvalue weighted by Crippen LogP contribution is 2.18. The van der Waals surface area contributed by atoms with E-state index in [9.17, 15) is 0 Å². The van der Waals surface area contributed by atoms with E-state index in [-0.39, 0.29) is 6.10 Å². The van der Waals surface area contributed by atoms with Crippen molar-refractivity contribution >= 4 is 5.82 Å². The van der Waals surface area contributed by atoms with Crippen LogP contribution < -0.4 is 10.1 Å². The summed E-state index contributed by atoms with van der Waals surface area (Å²) >= 11 is 0. The summed E-state index contributed by atoms with van der Waals surface area (Å²) in [5.41, 5.74) is 0. The molecule has 1 aliphatic heterocycles. The zero-order valence-corrected chi connectivity index (χ0v) is 8.19. The average Bonchev–Trinajstić information content (AvgIpc) is 2.71. The molecule has 2 rings (SSSR count). The van der Waals surface area contributed by atoms with Gasteiger partial charge in [-0.25, -0.2) is 4.98 Å². The van der Waals surface area contributed by atoms with Crippen molar-refractivity contribution in [3.63, 3.8) is 0 Å². The van der Waals surface area contributed by atoms with Crippen molar-refractivity contribution in [2.24, 2.45) is 0 Å². The molecule has 14 heavy (non-hydrogen) atoms. The SMILES string of the molecule is CNc1cc(O[C@@H]2CCOC2)ccn1. The van der Waals surface area contributed by atoms with Gasteiger partial charge in [-0.1, -0.05) is 0 Å². The number of nitrogens with zero attached hydrogens (tertiary/aromatic N) is 1. The zero-order chi connectivity index (χ0) is 9.80. The number of rotatable bonds is 3. The molecule has 1 aromatic rings. The molecule has 0 aliphatic carbocycles. The Balaban J connectivity index is 2.00. The van der Waals surface area contributed by atoms with Crippen LogP contribution in [0.3, 0.4) is 0 Å². The van der Waals surface area contributed by atoms with E-state index in [4.69, 9.17) is 9.47 Å². The predicted molar refractivity (Wildman–Crippen MR) is 53.6 cm³/mol. The second kappa shape index (κ2) is 4.28. The van der Waals surface area contributed by atoms with Crippen molar-refractivity contribution < 1.29 is 9.47 Å². The normalized spacial score (nSPS) is 20.8. The Hall–Kier alpha value is -1.29. The van der Waals surface area contributed by atoms with Gasteiger partial charge in [-0.15, -0.1) is 0 Å². The van der Waals surface area contributed by atoms with Crippen LogP contribution in [-0.2, 0) is 4.74 Å². The van der Waals surface area contributed by atoms with Crippen LogP contribution in [-0.4, -0.2) is 31.3 Å². The lowest BCUT2D eigenvalue weighted by atomic mass is 10.3. The van der Waals surface area contributed by atoms with Crippen molar-refractivity contribution in [2.75, 3.05) is 25.6 Å². The topological polar surface area (TPSA) is 43.4 Å². The van der Waals surface area contributed by atoms with E-state index in [1.165, 1.54) is 0 Å². The summed E-state index contributed by atoms with van der Waals surface area (Å²) in [5.74, 6) is 1.67. The van der Waals surface area contributed by atoms with Gasteiger partial charge in [0.1, 0.15) is 17.7 Å². The first-order chi connectivity index (χ1) is 6.88. The number of hydrogen-bond donors (Lipinski definition) is 1. The Kier molecular flexibility index (Phi) is 2.84. The summed E-state index contributed by atoms with van der Waals surface area (Å²) in [6.07, 6.45) is 2.90. The standard InChI is InChI=1S/C10H14N2O2/c1-11-10-6-8(2-4-12-10)14-9-3-5-13-7-9/h2,4,6,9H,3,5,7H2,1H3,(H,11,12)/t9-/m1/s1. The van der Waals surface area contributed by atoms with Crippen molar-refractivity contribution in [1.82, 2.24) is 4.98 Å². The summed E-state index contributed by atoms with van der Waals surface area (Å²) in [5, 5.41) is 2.97. The average molecular weight is 194 g/mol. The molecule has 0 bridgehead atoms. The zero-order valence-electron chi connectivity index (χ0n) is 8.19. The van der Waals surface area contributed by atoms with E-state index in [1.807, 2.05) is 19.2 Å². The van der Waals surface area contributed by atoms with E-state index in [1.54, 1.807) is 6.20 Å². The van der Waals surface area contributed by atoms with Crippen LogP contribution in [0, 0.1) is 0 Å². The van der Waals surface area contributed by atoms with E-state index >= 15 is 0 Å². The fourth-order valence-corrected chi connectivity index (χ4v) is 1.42. The van der Waals surface area contributed by atoms with E-state index in [2.05, 4.69) is 10.3 Å². The summed E-state index contributed by atoms with van der Waals surface area (Å²) in [6.45, 7) is 1.49. The lowest BCUT2D eigenvalue weighted by molar-refractivity contribution is 0.141. The molecule has 0 radical (unpaired) electrons. The molecule has 4 heteroatoms. The number of aromatic nitrogens is 1. The molecule has 1 atom stereocenters. The second-order valence-corrected chi connectivity index (χ2v) is 3.23. The first kappa shape index (κ1) is 9.27. The van der Waals surface area contributed by atoms with Gasteiger partial charge in [0.2, 0.25) is 0 Å². The molecule has 1 aromatic heterocycles. The predicted octanol–water partition coefficient (Wildman–Crippen LogP) is 1.29. The largest absolute Gasteiger partial charge is 0.488 e. The molecule has 0 aromatic carbocycles. The van der Waals surface area contributed by atoms with Gasteiger partial charge in [0.15, 0.2) is 0 Å². The smallest absolute Gasteiger partial charge is 0.129 e. The molecular formula is C10H14N2O2. The molecule has 0 amide bonds. The van der Waals surface area contributed by atoms with E-state index in [0.29, 0.717) is 6.61 Å². The molecular weight excluding hydrogens is 180 g/mol. The second-order valence-electron chi connectivity index (χ2n) is 3.23. The fourth-order valence-electron chi connectivity index (χ4n) is 1.42. The van der Waals surface area contributed by atoms with Gasteiger partial charge in [0.25, 0.3) is 0 Å². The highest BCUT2D eigenvalue weighted by atomic mass is 16.5.